The lowest BCUT2D eigenvalue weighted by Crippen LogP contribution is -2.29. The van der Waals surface area contributed by atoms with Crippen LogP contribution in [0.25, 0.3) is 5.65 Å². The number of nitrogens with zero attached hydrogens (tertiary/aromatic N) is 3. The van der Waals surface area contributed by atoms with Gasteiger partial charge in [-0.2, -0.15) is 0 Å². The number of hydrogen-bond donors (Lipinski definition) is 1. The summed E-state index contributed by atoms with van der Waals surface area (Å²) in [7, 11) is -1.51. The van der Waals surface area contributed by atoms with E-state index in [2.05, 4.69) is 14.9 Å². The smallest absolute Gasteiger partial charge is 0.244 e. The number of fused-ring (bicyclic) bond motifs is 1. The van der Waals surface area contributed by atoms with Gasteiger partial charge >= 0.3 is 0 Å². The Morgan fingerprint density at radius 2 is 1.85 bits per heavy atom. The van der Waals surface area contributed by atoms with Crippen molar-refractivity contribution in [1.29, 1.82) is 0 Å². The molecule has 0 radical (unpaired) electrons. The third-order valence-electron chi connectivity index (χ3n) is 3.79. The molecule has 0 aliphatic rings. The molecular weight excluding hydrogens is 363 g/mol. The van der Waals surface area contributed by atoms with E-state index >= 15 is 0 Å². The topological polar surface area (TPSA) is 94.8 Å². The first kappa shape index (κ1) is 18.1. The van der Waals surface area contributed by atoms with Crippen molar-refractivity contribution in [1.82, 2.24) is 19.3 Å². The lowest BCUT2D eigenvalue weighted by atomic mass is 10.3. The predicted octanol–water partition coefficient (Wildman–Crippen LogP) is 1.93. The van der Waals surface area contributed by atoms with Gasteiger partial charge in [0.05, 0.1) is 20.3 Å². The van der Waals surface area contributed by atoms with Crippen molar-refractivity contribution in [2.75, 3.05) is 14.2 Å². The second kappa shape index (κ2) is 6.89. The molecule has 3 aromatic rings. The second-order valence-corrected chi connectivity index (χ2v) is 7.15. The molecule has 1 N–H and O–H groups in total. The van der Waals surface area contributed by atoms with E-state index in [1.54, 1.807) is 35.7 Å². The average molecular weight is 380 g/mol. The maximum absolute atomic E-state index is 14.3. The highest BCUT2D eigenvalue weighted by Gasteiger charge is 2.26. The van der Waals surface area contributed by atoms with Crippen LogP contribution in [0.3, 0.4) is 0 Å². The Bertz CT molecular complexity index is 1050. The fourth-order valence-electron chi connectivity index (χ4n) is 2.55. The molecule has 3 rings (SSSR count). The van der Waals surface area contributed by atoms with Crippen LogP contribution in [0.2, 0.25) is 0 Å². The summed E-state index contributed by atoms with van der Waals surface area (Å²) >= 11 is 0. The fourth-order valence-corrected chi connectivity index (χ4v) is 3.82. The molecule has 0 aliphatic carbocycles. The molecule has 26 heavy (non-hydrogen) atoms. The molecule has 2 heterocycles. The largest absolute Gasteiger partial charge is 0.493 e. The molecule has 0 aliphatic heterocycles. The highest BCUT2D eigenvalue weighted by Crippen LogP contribution is 2.32. The molecule has 0 spiro atoms. The van der Waals surface area contributed by atoms with E-state index in [4.69, 9.17) is 9.47 Å². The minimum atomic E-state index is -4.18. The normalized spacial score (nSPS) is 12.9. The minimum Gasteiger partial charge on any atom is -0.493 e. The number of rotatable bonds is 6. The van der Waals surface area contributed by atoms with Gasteiger partial charge in [-0.1, -0.05) is 6.07 Å². The molecule has 2 aromatic heterocycles. The van der Waals surface area contributed by atoms with Gasteiger partial charge in [-0.15, -0.1) is 10.2 Å². The SMILES string of the molecule is COc1cc(F)c(S(=O)(=O)N[C@@H](C)c2nnc3ccccn23)cc1OC. The summed E-state index contributed by atoms with van der Waals surface area (Å²) in [6.07, 6.45) is 1.71. The van der Waals surface area contributed by atoms with E-state index in [9.17, 15) is 12.8 Å². The number of sulfonamides is 1. The summed E-state index contributed by atoms with van der Waals surface area (Å²) in [5, 5.41) is 7.98. The van der Waals surface area contributed by atoms with Gasteiger partial charge in [0.25, 0.3) is 0 Å². The Kier molecular flexibility index (Phi) is 4.79. The summed E-state index contributed by atoms with van der Waals surface area (Å²) < 4.78 is 53.7. The first-order valence-corrected chi connectivity index (χ1v) is 9.09. The molecule has 0 unspecified atom stereocenters. The van der Waals surface area contributed by atoms with E-state index in [0.717, 1.165) is 12.1 Å². The van der Waals surface area contributed by atoms with Crippen LogP contribution in [0.15, 0.2) is 41.4 Å². The number of benzene rings is 1. The summed E-state index contributed by atoms with van der Waals surface area (Å²) in [6, 6.07) is 6.60. The highest BCUT2D eigenvalue weighted by molar-refractivity contribution is 7.89. The predicted molar refractivity (Wildman–Crippen MR) is 91.2 cm³/mol. The number of nitrogens with one attached hydrogen (secondary N) is 1. The molecule has 0 bridgehead atoms. The van der Waals surface area contributed by atoms with Crippen LogP contribution in [0.1, 0.15) is 18.8 Å². The monoisotopic (exact) mass is 380 g/mol. The van der Waals surface area contributed by atoms with E-state index in [-0.39, 0.29) is 11.5 Å². The van der Waals surface area contributed by atoms with Crippen molar-refractivity contribution in [2.45, 2.75) is 17.9 Å². The van der Waals surface area contributed by atoms with Crippen LogP contribution in [-0.2, 0) is 10.0 Å². The van der Waals surface area contributed by atoms with E-state index < -0.39 is 26.8 Å². The molecule has 1 atom stereocenters. The average Bonchev–Trinajstić information content (AvgIpc) is 3.05. The van der Waals surface area contributed by atoms with Gasteiger partial charge in [0.15, 0.2) is 23.0 Å². The van der Waals surface area contributed by atoms with Crippen molar-refractivity contribution in [3.63, 3.8) is 0 Å². The number of halogens is 1. The zero-order valence-corrected chi connectivity index (χ0v) is 15.1. The van der Waals surface area contributed by atoms with E-state index in [1.165, 1.54) is 14.2 Å². The number of hydrogen-bond acceptors (Lipinski definition) is 6. The quantitative estimate of drug-likeness (QED) is 0.702. The van der Waals surface area contributed by atoms with Crippen LogP contribution < -0.4 is 14.2 Å². The van der Waals surface area contributed by atoms with Gasteiger partial charge in [0.1, 0.15) is 10.7 Å². The zero-order valence-electron chi connectivity index (χ0n) is 14.3. The molecule has 0 fully saturated rings. The van der Waals surface area contributed by atoms with Crippen LogP contribution in [0.5, 0.6) is 11.5 Å². The molecule has 10 heteroatoms. The van der Waals surface area contributed by atoms with Gasteiger partial charge in [0.2, 0.25) is 10.0 Å². The lowest BCUT2D eigenvalue weighted by molar-refractivity contribution is 0.350. The van der Waals surface area contributed by atoms with Crippen LogP contribution >= 0.6 is 0 Å². The van der Waals surface area contributed by atoms with E-state index in [1.807, 2.05) is 0 Å². The number of pyridine rings is 1. The Hall–Kier alpha value is -2.72. The third-order valence-corrected chi connectivity index (χ3v) is 5.34. The maximum Gasteiger partial charge on any atom is 0.244 e. The molecule has 0 amide bonds. The number of methoxy groups -OCH3 is 2. The maximum atomic E-state index is 14.3. The van der Waals surface area contributed by atoms with Crippen LogP contribution in [0.4, 0.5) is 4.39 Å². The van der Waals surface area contributed by atoms with Gasteiger partial charge in [-0.25, -0.2) is 17.5 Å². The van der Waals surface area contributed by atoms with E-state index in [0.29, 0.717) is 11.5 Å². The molecule has 138 valence electrons. The molecule has 0 saturated heterocycles. The number of aromatic nitrogens is 3. The van der Waals surface area contributed by atoms with Crippen molar-refractivity contribution < 1.29 is 22.3 Å². The minimum absolute atomic E-state index is 0.0976. The van der Waals surface area contributed by atoms with Gasteiger partial charge in [0, 0.05) is 18.3 Å². The van der Waals surface area contributed by atoms with Crippen molar-refractivity contribution in [2.24, 2.45) is 0 Å². The summed E-state index contributed by atoms with van der Waals surface area (Å²) in [6.45, 7) is 1.60. The van der Waals surface area contributed by atoms with Crippen molar-refractivity contribution >= 4 is 15.7 Å². The highest BCUT2D eigenvalue weighted by atomic mass is 32.2. The standard InChI is InChI=1S/C16H17FN4O4S/c1-10(16-19-18-15-6-4-5-7-21(15)16)20-26(22,23)14-9-13(25-3)12(24-2)8-11(14)17/h4-10,20H,1-3H3/t10-/m0/s1. The molecular formula is C16H17FN4O4S. The summed E-state index contributed by atoms with van der Waals surface area (Å²) in [5.41, 5.74) is 0.575. The summed E-state index contributed by atoms with van der Waals surface area (Å²) in [5.74, 6) is -0.367. The Labute approximate surface area is 149 Å². The fraction of sp³-hybridized carbons (Fsp3) is 0.250. The first-order chi connectivity index (χ1) is 12.4. The third kappa shape index (κ3) is 3.20. The van der Waals surface area contributed by atoms with Gasteiger partial charge in [-0.05, 0) is 19.1 Å². The molecule has 8 nitrogen and oxygen atoms in total. The summed E-state index contributed by atoms with van der Waals surface area (Å²) in [4.78, 5) is -0.546. The van der Waals surface area contributed by atoms with Gasteiger partial charge in [-0.3, -0.25) is 4.40 Å². The molecule has 1 aromatic carbocycles. The zero-order chi connectivity index (χ0) is 18.9. The Morgan fingerprint density at radius 3 is 2.54 bits per heavy atom. The number of ether oxygens (including phenoxy) is 2. The molecule has 0 saturated carbocycles. The Balaban J connectivity index is 1.96. The first-order valence-electron chi connectivity index (χ1n) is 7.61. The second-order valence-electron chi connectivity index (χ2n) is 5.47. The Morgan fingerprint density at radius 1 is 1.15 bits per heavy atom. The lowest BCUT2D eigenvalue weighted by Gasteiger charge is -2.15. The van der Waals surface area contributed by atoms with Gasteiger partial charge < -0.3 is 9.47 Å². The van der Waals surface area contributed by atoms with Crippen LogP contribution in [-0.4, -0.2) is 37.2 Å². The van der Waals surface area contributed by atoms with Crippen molar-refractivity contribution in [3.05, 3.63) is 48.2 Å². The van der Waals surface area contributed by atoms with Crippen molar-refractivity contribution in [3.8, 4) is 11.5 Å². The van der Waals surface area contributed by atoms with Crippen LogP contribution in [0, 0.1) is 5.82 Å².